The summed E-state index contributed by atoms with van der Waals surface area (Å²) in [5, 5.41) is 9.00. The Morgan fingerprint density at radius 1 is 1.56 bits per heavy atom. The summed E-state index contributed by atoms with van der Waals surface area (Å²) in [4.78, 5) is 11.6. The molecule has 0 atom stereocenters. The smallest absolute Gasteiger partial charge is 0.336 e. The average molecular weight is 241 g/mol. The maximum absolute atomic E-state index is 11.0. The molecule has 0 heterocycles. The van der Waals surface area contributed by atoms with Crippen LogP contribution in [0.4, 0.5) is 5.69 Å². The van der Waals surface area contributed by atoms with E-state index >= 15 is 0 Å². The molecule has 1 aromatic rings. The van der Waals surface area contributed by atoms with Gasteiger partial charge in [0.2, 0.25) is 0 Å². The Kier molecular flexibility index (Phi) is 5.14. The maximum atomic E-state index is 11.0. The van der Waals surface area contributed by atoms with E-state index in [0.717, 1.165) is 12.2 Å². The molecule has 0 unspecified atom stereocenters. The third kappa shape index (κ3) is 3.43. The van der Waals surface area contributed by atoms with Crippen molar-refractivity contribution in [1.82, 2.24) is 0 Å². The third-order valence-electron chi connectivity index (χ3n) is 2.02. The van der Waals surface area contributed by atoms with Crippen molar-refractivity contribution in [3.05, 3.63) is 23.8 Å². The minimum atomic E-state index is -0.943. The zero-order chi connectivity index (χ0) is 12.0. The monoisotopic (exact) mass is 241 g/mol. The average Bonchev–Trinajstić information content (AvgIpc) is 2.25. The fourth-order valence-electron chi connectivity index (χ4n) is 1.26. The third-order valence-corrected chi connectivity index (χ3v) is 3.25. The molecule has 0 fully saturated rings. The van der Waals surface area contributed by atoms with E-state index in [0.29, 0.717) is 17.2 Å². The number of carboxylic acids is 1. The van der Waals surface area contributed by atoms with Crippen molar-refractivity contribution in [2.24, 2.45) is 0 Å². The van der Waals surface area contributed by atoms with Crippen LogP contribution in [-0.4, -0.2) is 30.5 Å². The molecule has 0 aliphatic rings. The highest BCUT2D eigenvalue weighted by Gasteiger charge is 2.12. The van der Waals surface area contributed by atoms with E-state index < -0.39 is 5.97 Å². The summed E-state index contributed by atoms with van der Waals surface area (Å²) in [5.74, 6) is -0.149. The number of methoxy groups -OCH3 is 1. The van der Waals surface area contributed by atoms with E-state index in [9.17, 15) is 4.79 Å². The SMILES string of the molecule is COCCCSc1c(N)cccc1C(=O)O. The molecule has 0 bridgehead atoms. The molecule has 0 amide bonds. The van der Waals surface area contributed by atoms with Crippen LogP contribution in [0, 0.1) is 0 Å². The van der Waals surface area contributed by atoms with Gasteiger partial charge in [0, 0.05) is 30.1 Å². The minimum absolute atomic E-state index is 0.266. The minimum Gasteiger partial charge on any atom is -0.478 e. The van der Waals surface area contributed by atoms with Gasteiger partial charge in [0.05, 0.1) is 5.56 Å². The standard InChI is InChI=1S/C11H15NO3S/c1-15-6-3-7-16-10-8(11(13)14)4-2-5-9(10)12/h2,4-5H,3,6-7,12H2,1H3,(H,13,14). The summed E-state index contributed by atoms with van der Waals surface area (Å²) in [5.41, 5.74) is 6.54. The molecule has 0 saturated heterocycles. The Balaban J connectivity index is 2.73. The van der Waals surface area contributed by atoms with Gasteiger partial charge in [0.25, 0.3) is 0 Å². The van der Waals surface area contributed by atoms with Crippen LogP contribution < -0.4 is 5.73 Å². The molecular formula is C11H15NO3S. The highest BCUT2D eigenvalue weighted by molar-refractivity contribution is 7.99. The first-order valence-electron chi connectivity index (χ1n) is 4.90. The normalized spacial score (nSPS) is 10.3. The topological polar surface area (TPSA) is 72.5 Å². The van der Waals surface area contributed by atoms with E-state index in [4.69, 9.17) is 15.6 Å². The number of ether oxygens (including phenoxy) is 1. The van der Waals surface area contributed by atoms with Gasteiger partial charge in [0.15, 0.2) is 0 Å². The van der Waals surface area contributed by atoms with E-state index in [1.54, 1.807) is 25.3 Å². The Morgan fingerprint density at radius 3 is 2.94 bits per heavy atom. The number of benzene rings is 1. The van der Waals surface area contributed by atoms with E-state index in [2.05, 4.69) is 0 Å². The van der Waals surface area contributed by atoms with Gasteiger partial charge in [0.1, 0.15) is 0 Å². The van der Waals surface area contributed by atoms with Crippen molar-refractivity contribution in [3.63, 3.8) is 0 Å². The van der Waals surface area contributed by atoms with Crippen LogP contribution >= 0.6 is 11.8 Å². The zero-order valence-electron chi connectivity index (χ0n) is 9.10. The van der Waals surface area contributed by atoms with Crippen molar-refractivity contribution < 1.29 is 14.6 Å². The number of aromatic carboxylic acids is 1. The van der Waals surface area contributed by atoms with Crippen molar-refractivity contribution in [1.29, 1.82) is 0 Å². The fourth-order valence-corrected chi connectivity index (χ4v) is 2.27. The van der Waals surface area contributed by atoms with E-state index in [-0.39, 0.29) is 5.56 Å². The summed E-state index contributed by atoms with van der Waals surface area (Å²) in [7, 11) is 1.64. The van der Waals surface area contributed by atoms with Crippen LogP contribution in [0.25, 0.3) is 0 Å². The number of hydrogen-bond acceptors (Lipinski definition) is 4. The van der Waals surface area contributed by atoms with Crippen molar-refractivity contribution >= 4 is 23.4 Å². The molecule has 0 radical (unpaired) electrons. The molecule has 1 aromatic carbocycles. The number of rotatable bonds is 6. The van der Waals surface area contributed by atoms with Crippen LogP contribution in [0.3, 0.4) is 0 Å². The van der Waals surface area contributed by atoms with Crippen molar-refractivity contribution in [2.45, 2.75) is 11.3 Å². The zero-order valence-corrected chi connectivity index (χ0v) is 9.92. The molecule has 1 rings (SSSR count). The Morgan fingerprint density at radius 2 is 2.31 bits per heavy atom. The summed E-state index contributed by atoms with van der Waals surface area (Å²) >= 11 is 1.46. The molecule has 0 aliphatic carbocycles. The number of hydrogen-bond donors (Lipinski definition) is 2. The molecule has 0 saturated carbocycles. The number of anilines is 1. The number of carbonyl (C=O) groups is 1. The maximum Gasteiger partial charge on any atom is 0.336 e. The van der Waals surface area contributed by atoms with Crippen LogP contribution in [0.1, 0.15) is 16.8 Å². The molecule has 0 spiro atoms. The summed E-state index contributed by atoms with van der Waals surface area (Å²) in [6.45, 7) is 0.669. The first kappa shape index (κ1) is 12.9. The molecule has 0 aromatic heterocycles. The molecule has 5 heteroatoms. The number of nitrogens with two attached hydrogens (primary N) is 1. The summed E-state index contributed by atoms with van der Waals surface area (Å²) < 4.78 is 4.93. The lowest BCUT2D eigenvalue weighted by molar-refractivity contribution is 0.0693. The Bertz CT molecular complexity index is 368. The lowest BCUT2D eigenvalue weighted by Gasteiger charge is -2.08. The predicted molar refractivity (Wildman–Crippen MR) is 65.0 cm³/mol. The summed E-state index contributed by atoms with van der Waals surface area (Å²) in [6.07, 6.45) is 0.870. The molecule has 3 N–H and O–H groups in total. The van der Waals surface area contributed by atoms with E-state index in [1.165, 1.54) is 11.8 Å². The van der Waals surface area contributed by atoms with Crippen molar-refractivity contribution in [2.75, 3.05) is 25.2 Å². The van der Waals surface area contributed by atoms with Gasteiger partial charge in [-0.1, -0.05) is 6.07 Å². The first-order valence-corrected chi connectivity index (χ1v) is 5.89. The molecule has 0 aliphatic heterocycles. The largest absolute Gasteiger partial charge is 0.478 e. The lowest BCUT2D eigenvalue weighted by atomic mass is 10.2. The van der Waals surface area contributed by atoms with Gasteiger partial charge in [-0.2, -0.15) is 0 Å². The molecule has 16 heavy (non-hydrogen) atoms. The fraction of sp³-hybridized carbons (Fsp3) is 0.364. The van der Waals surface area contributed by atoms with Crippen LogP contribution in [0.2, 0.25) is 0 Å². The number of thioether (sulfide) groups is 1. The van der Waals surface area contributed by atoms with Crippen LogP contribution in [-0.2, 0) is 4.74 Å². The first-order chi connectivity index (χ1) is 7.66. The van der Waals surface area contributed by atoms with E-state index in [1.807, 2.05) is 0 Å². The van der Waals surface area contributed by atoms with Gasteiger partial charge < -0.3 is 15.6 Å². The van der Waals surface area contributed by atoms with Gasteiger partial charge in [-0.3, -0.25) is 0 Å². The second kappa shape index (κ2) is 6.40. The Labute approximate surface area is 98.8 Å². The molecular weight excluding hydrogens is 226 g/mol. The van der Waals surface area contributed by atoms with Gasteiger partial charge in [-0.15, -0.1) is 11.8 Å². The van der Waals surface area contributed by atoms with Gasteiger partial charge >= 0.3 is 5.97 Å². The summed E-state index contributed by atoms with van der Waals surface area (Å²) in [6, 6.07) is 4.93. The molecule has 4 nitrogen and oxygen atoms in total. The van der Waals surface area contributed by atoms with Crippen LogP contribution in [0.15, 0.2) is 23.1 Å². The van der Waals surface area contributed by atoms with Gasteiger partial charge in [-0.05, 0) is 18.6 Å². The highest BCUT2D eigenvalue weighted by atomic mass is 32.2. The van der Waals surface area contributed by atoms with Gasteiger partial charge in [-0.25, -0.2) is 4.79 Å². The highest BCUT2D eigenvalue weighted by Crippen LogP contribution is 2.29. The van der Waals surface area contributed by atoms with Crippen LogP contribution in [0.5, 0.6) is 0 Å². The second-order valence-corrected chi connectivity index (χ2v) is 4.33. The number of carboxylic acid groups (broad SMARTS) is 1. The molecule has 88 valence electrons. The van der Waals surface area contributed by atoms with Crippen molar-refractivity contribution in [3.8, 4) is 0 Å². The lowest BCUT2D eigenvalue weighted by Crippen LogP contribution is -2.02. The second-order valence-electron chi connectivity index (χ2n) is 3.22. The quantitative estimate of drug-likeness (QED) is 0.453. The number of nitrogen functional groups attached to an aromatic ring is 1. The predicted octanol–water partition coefficient (Wildman–Crippen LogP) is 2.10. The Hall–Kier alpha value is -1.20.